The van der Waals surface area contributed by atoms with E-state index in [4.69, 9.17) is 0 Å². The van der Waals surface area contributed by atoms with Crippen molar-refractivity contribution < 1.29 is 9.59 Å². The molecule has 1 aliphatic rings. The van der Waals surface area contributed by atoms with Gasteiger partial charge in [-0.2, -0.15) is 0 Å². The number of rotatable bonds is 2. The van der Waals surface area contributed by atoms with E-state index in [-0.39, 0.29) is 17.5 Å². The predicted molar refractivity (Wildman–Crippen MR) is 121 cm³/mol. The SMILES string of the molecule is CC1C(=O)C(Cc2ccc(Br)cc2)C(=O)c2c1ccc1c2ccc2ccccc21. The number of benzene rings is 4. The third kappa shape index (κ3) is 2.92. The molecule has 0 saturated heterocycles. The fraction of sp³-hybridized carbons (Fsp3) is 0.154. The van der Waals surface area contributed by atoms with E-state index in [9.17, 15) is 9.59 Å². The number of hydrogen-bond acceptors (Lipinski definition) is 2. The van der Waals surface area contributed by atoms with E-state index in [0.717, 1.165) is 42.7 Å². The molecule has 4 aromatic rings. The average molecular weight is 443 g/mol. The van der Waals surface area contributed by atoms with Gasteiger partial charge in [0.2, 0.25) is 0 Å². The molecule has 142 valence electrons. The molecule has 2 unspecified atom stereocenters. The van der Waals surface area contributed by atoms with Gasteiger partial charge < -0.3 is 0 Å². The van der Waals surface area contributed by atoms with Crippen molar-refractivity contribution in [3.05, 3.63) is 94.0 Å². The Bertz CT molecular complexity index is 1290. The van der Waals surface area contributed by atoms with Gasteiger partial charge in [-0.05, 0) is 51.2 Å². The quantitative estimate of drug-likeness (QED) is 0.262. The van der Waals surface area contributed by atoms with Crippen LogP contribution >= 0.6 is 15.9 Å². The van der Waals surface area contributed by atoms with E-state index in [2.05, 4.69) is 40.2 Å². The molecule has 0 N–H and O–H groups in total. The third-order valence-corrected chi connectivity index (χ3v) is 6.64. The van der Waals surface area contributed by atoms with Crippen LogP contribution in [-0.4, -0.2) is 11.6 Å². The van der Waals surface area contributed by atoms with Crippen LogP contribution in [0.5, 0.6) is 0 Å². The van der Waals surface area contributed by atoms with Crippen LogP contribution < -0.4 is 0 Å². The zero-order valence-electron chi connectivity index (χ0n) is 16.0. The summed E-state index contributed by atoms with van der Waals surface area (Å²) in [6, 6.07) is 24.2. The number of fused-ring (bicyclic) bond motifs is 5. The second-order valence-corrected chi connectivity index (χ2v) is 8.70. The molecular formula is C26H19BrO2. The van der Waals surface area contributed by atoms with Crippen molar-refractivity contribution in [2.24, 2.45) is 5.92 Å². The van der Waals surface area contributed by atoms with Gasteiger partial charge in [0.15, 0.2) is 11.6 Å². The van der Waals surface area contributed by atoms with E-state index >= 15 is 0 Å². The molecule has 0 fully saturated rings. The Morgan fingerprint density at radius 3 is 2.31 bits per heavy atom. The summed E-state index contributed by atoms with van der Waals surface area (Å²) in [4.78, 5) is 26.7. The molecule has 0 spiro atoms. The number of hydrogen-bond donors (Lipinski definition) is 0. The van der Waals surface area contributed by atoms with Crippen molar-refractivity contribution in [1.82, 2.24) is 0 Å². The van der Waals surface area contributed by atoms with Gasteiger partial charge in [0, 0.05) is 16.0 Å². The molecule has 29 heavy (non-hydrogen) atoms. The zero-order valence-corrected chi connectivity index (χ0v) is 17.6. The highest BCUT2D eigenvalue weighted by Gasteiger charge is 2.39. The Hall–Kier alpha value is -2.78. The minimum absolute atomic E-state index is 0.0190. The summed E-state index contributed by atoms with van der Waals surface area (Å²) in [7, 11) is 0. The molecule has 2 atom stereocenters. The van der Waals surface area contributed by atoms with Crippen LogP contribution in [0.3, 0.4) is 0 Å². The normalized spacial score (nSPS) is 19.0. The Labute approximate surface area is 177 Å². The van der Waals surface area contributed by atoms with Gasteiger partial charge in [-0.3, -0.25) is 9.59 Å². The van der Waals surface area contributed by atoms with Gasteiger partial charge in [0.05, 0.1) is 5.92 Å². The summed E-state index contributed by atoms with van der Waals surface area (Å²) in [5.41, 5.74) is 2.58. The fourth-order valence-electron chi connectivity index (χ4n) is 4.55. The summed E-state index contributed by atoms with van der Waals surface area (Å²) >= 11 is 3.44. The molecule has 3 heteroatoms. The monoisotopic (exact) mass is 442 g/mol. The standard InChI is InChI=1S/C26H19BrO2/c1-15-19-12-13-21-20-5-3-2-4-17(20)8-11-22(21)24(19)26(29)23(25(15)28)14-16-6-9-18(27)10-7-16/h2-13,15,23H,14H2,1H3. The second kappa shape index (κ2) is 6.93. The molecule has 0 aliphatic heterocycles. The smallest absolute Gasteiger partial charge is 0.174 e. The maximum atomic E-state index is 13.6. The first kappa shape index (κ1) is 18.3. The van der Waals surface area contributed by atoms with Crippen LogP contribution in [0.4, 0.5) is 0 Å². The topological polar surface area (TPSA) is 34.1 Å². The van der Waals surface area contributed by atoms with Crippen LogP contribution in [-0.2, 0) is 11.2 Å². The molecule has 5 rings (SSSR count). The first-order valence-electron chi connectivity index (χ1n) is 9.81. The second-order valence-electron chi connectivity index (χ2n) is 7.78. The molecule has 2 nitrogen and oxygen atoms in total. The number of halogens is 1. The lowest BCUT2D eigenvalue weighted by Gasteiger charge is -2.28. The third-order valence-electron chi connectivity index (χ3n) is 6.11. The Morgan fingerprint density at radius 1 is 0.793 bits per heavy atom. The molecule has 0 aromatic heterocycles. The summed E-state index contributed by atoms with van der Waals surface area (Å²) < 4.78 is 0.985. The van der Waals surface area contributed by atoms with Gasteiger partial charge in [-0.15, -0.1) is 0 Å². The number of ketones is 2. The van der Waals surface area contributed by atoms with Gasteiger partial charge in [-0.1, -0.05) is 83.5 Å². The number of carbonyl (C=O) groups is 2. The van der Waals surface area contributed by atoms with Crippen molar-refractivity contribution in [3.8, 4) is 0 Å². The summed E-state index contributed by atoms with van der Waals surface area (Å²) in [5, 5.41) is 4.30. The van der Waals surface area contributed by atoms with Crippen LogP contribution in [0, 0.1) is 5.92 Å². The minimum atomic E-state index is -0.629. The largest absolute Gasteiger partial charge is 0.298 e. The Balaban J connectivity index is 1.68. The van der Waals surface area contributed by atoms with Gasteiger partial charge in [0.1, 0.15) is 0 Å². The summed E-state index contributed by atoms with van der Waals surface area (Å²) in [6.07, 6.45) is 0.443. The maximum Gasteiger partial charge on any atom is 0.174 e. The van der Waals surface area contributed by atoms with Crippen molar-refractivity contribution >= 4 is 49.0 Å². The van der Waals surface area contributed by atoms with Crippen LogP contribution in [0.25, 0.3) is 21.5 Å². The highest BCUT2D eigenvalue weighted by atomic mass is 79.9. The molecule has 0 heterocycles. The van der Waals surface area contributed by atoms with E-state index < -0.39 is 5.92 Å². The highest BCUT2D eigenvalue weighted by molar-refractivity contribution is 9.10. The van der Waals surface area contributed by atoms with Crippen molar-refractivity contribution in [3.63, 3.8) is 0 Å². The van der Waals surface area contributed by atoms with Gasteiger partial charge in [0.25, 0.3) is 0 Å². The lowest BCUT2D eigenvalue weighted by atomic mass is 9.72. The van der Waals surface area contributed by atoms with Crippen LogP contribution in [0.15, 0.2) is 77.3 Å². The highest BCUT2D eigenvalue weighted by Crippen LogP contribution is 2.39. The molecule has 0 saturated carbocycles. The predicted octanol–water partition coefficient (Wildman–Crippen LogP) is 6.48. The molecule has 0 radical (unpaired) electrons. The number of carbonyl (C=O) groups excluding carboxylic acids is 2. The Kier molecular flexibility index (Phi) is 4.36. The molecular weight excluding hydrogens is 424 g/mol. The molecule has 0 bridgehead atoms. The lowest BCUT2D eigenvalue weighted by Crippen LogP contribution is -2.35. The first-order valence-corrected chi connectivity index (χ1v) is 10.6. The van der Waals surface area contributed by atoms with E-state index in [1.807, 2.05) is 55.5 Å². The van der Waals surface area contributed by atoms with E-state index in [0.29, 0.717) is 6.42 Å². The number of Topliss-reactive ketones (excluding diaryl/α,β-unsaturated/α-hetero) is 2. The van der Waals surface area contributed by atoms with Crippen molar-refractivity contribution in [2.75, 3.05) is 0 Å². The van der Waals surface area contributed by atoms with Crippen LogP contribution in [0.2, 0.25) is 0 Å². The summed E-state index contributed by atoms with van der Waals surface area (Å²) in [6.45, 7) is 1.93. The Morgan fingerprint density at radius 2 is 1.52 bits per heavy atom. The molecule has 1 aliphatic carbocycles. The van der Waals surface area contributed by atoms with Crippen molar-refractivity contribution in [1.29, 1.82) is 0 Å². The average Bonchev–Trinajstić information content (AvgIpc) is 2.75. The first-order chi connectivity index (χ1) is 14.0. The summed E-state index contributed by atoms with van der Waals surface area (Å²) in [5.74, 6) is -0.938. The van der Waals surface area contributed by atoms with E-state index in [1.165, 1.54) is 0 Å². The zero-order chi connectivity index (χ0) is 20.1. The molecule has 0 amide bonds. The van der Waals surface area contributed by atoms with Crippen LogP contribution in [0.1, 0.15) is 34.3 Å². The minimum Gasteiger partial charge on any atom is -0.298 e. The lowest BCUT2D eigenvalue weighted by molar-refractivity contribution is -0.122. The fourth-order valence-corrected chi connectivity index (χ4v) is 4.81. The van der Waals surface area contributed by atoms with Gasteiger partial charge >= 0.3 is 0 Å². The van der Waals surface area contributed by atoms with Crippen molar-refractivity contribution in [2.45, 2.75) is 19.3 Å². The molecule has 4 aromatic carbocycles. The van der Waals surface area contributed by atoms with E-state index in [1.54, 1.807) is 0 Å². The maximum absolute atomic E-state index is 13.6. The van der Waals surface area contributed by atoms with Gasteiger partial charge in [-0.25, -0.2) is 0 Å².